The number of cyclic esters (lactones) is 1. The van der Waals surface area contributed by atoms with Gasteiger partial charge in [-0.25, -0.2) is 4.79 Å². The second kappa shape index (κ2) is 10.4. The zero-order valence-corrected chi connectivity index (χ0v) is 22.3. The minimum absolute atomic E-state index is 0.250. The number of nitrogens with one attached hydrogen (secondary N) is 1. The fraction of sp³-hybridized carbons (Fsp3) is 0.483. The number of aliphatic hydroxyl groups excluding tert-OH is 1. The van der Waals surface area contributed by atoms with E-state index in [0.29, 0.717) is 17.7 Å². The largest absolute Gasteiger partial charge is 0.514 e. The van der Waals surface area contributed by atoms with Crippen LogP contribution in [0.4, 0.5) is 4.79 Å². The van der Waals surface area contributed by atoms with E-state index >= 15 is 0 Å². The average Bonchev–Trinajstić information content (AvgIpc) is 3.15. The van der Waals surface area contributed by atoms with Crippen molar-refractivity contribution in [2.75, 3.05) is 7.11 Å². The second-order valence-corrected chi connectivity index (χ2v) is 10.6. The van der Waals surface area contributed by atoms with Gasteiger partial charge >= 0.3 is 6.16 Å². The van der Waals surface area contributed by atoms with Gasteiger partial charge in [-0.1, -0.05) is 36.8 Å². The van der Waals surface area contributed by atoms with Crippen molar-refractivity contribution in [1.82, 2.24) is 5.32 Å². The Labute approximate surface area is 222 Å². The molecule has 0 saturated carbocycles. The molecule has 0 bridgehead atoms. The monoisotopic (exact) mass is 525 g/mol. The van der Waals surface area contributed by atoms with Crippen molar-refractivity contribution in [1.29, 1.82) is 0 Å². The molecule has 9 nitrogen and oxygen atoms in total. The molecule has 1 fully saturated rings. The van der Waals surface area contributed by atoms with Crippen molar-refractivity contribution in [2.45, 2.75) is 63.9 Å². The van der Waals surface area contributed by atoms with E-state index in [4.69, 9.17) is 14.2 Å². The molecule has 38 heavy (non-hydrogen) atoms. The lowest BCUT2D eigenvalue weighted by molar-refractivity contribution is -0.151. The molecule has 0 aromatic heterocycles. The van der Waals surface area contributed by atoms with Crippen LogP contribution in [0.3, 0.4) is 0 Å². The van der Waals surface area contributed by atoms with E-state index in [1.165, 1.54) is 6.92 Å². The summed E-state index contributed by atoms with van der Waals surface area (Å²) in [6, 6.07) is 7.05. The van der Waals surface area contributed by atoms with E-state index < -0.39 is 58.9 Å². The van der Waals surface area contributed by atoms with E-state index in [1.807, 2.05) is 31.2 Å². The number of benzene rings is 1. The van der Waals surface area contributed by atoms with Crippen LogP contribution in [0.15, 0.2) is 59.9 Å². The van der Waals surface area contributed by atoms with Crippen molar-refractivity contribution >= 4 is 17.8 Å². The summed E-state index contributed by atoms with van der Waals surface area (Å²) in [5.41, 5.74) is -1.27. The van der Waals surface area contributed by atoms with Gasteiger partial charge in [0.25, 0.3) is 5.91 Å². The molecule has 0 radical (unpaired) electrons. The van der Waals surface area contributed by atoms with Gasteiger partial charge in [0.15, 0.2) is 5.78 Å². The smallest absolute Gasteiger partial charge is 0.497 e. The number of methoxy groups -OCH3 is 1. The third-order valence-electron chi connectivity index (χ3n) is 8.11. The van der Waals surface area contributed by atoms with Crippen molar-refractivity contribution < 1.29 is 38.8 Å². The second-order valence-electron chi connectivity index (χ2n) is 10.6. The van der Waals surface area contributed by atoms with E-state index in [0.717, 1.165) is 23.5 Å². The molecule has 9 heteroatoms. The topological polar surface area (TPSA) is 131 Å². The molecule has 7 atom stereocenters. The Balaban J connectivity index is 1.79. The van der Waals surface area contributed by atoms with E-state index in [1.54, 1.807) is 33.1 Å². The number of carbonyl (C=O) groups excluding carboxylic acids is 3. The van der Waals surface area contributed by atoms with E-state index in [-0.39, 0.29) is 6.42 Å². The van der Waals surface area contributed by atoms with Crippen LogP contribution < -0.4 is 10.1 Å². The maximum Gasteiger partial charge on any atom is 0.514 e. The van der Waals surface area contributed by atoms with Crippen LogP contribution in [-0.4, -0.2) is 58.5 Å². The normalized spacial score (nSPS) is 37.3. The Hall–Kier alpha value is -3.43. The van der Waals surface area contributed by atoms with Crippen molar-refractivity contribution in [3.8, 4) is 5.75 Å². The average molecular weight is 526 g/mol. The molecule has 1 saturated heterocycles. The van der Waals surface area contributed by atoms with Gasteiger partial charge in [-0.15, -0.1) is 0 Å². The molecule has 4 rings (SSSR count). The Morgan fingerprint density at radius 3 is 2.47 bits per heavy atom. The van der Waals surface area contributed by atoms with Crippen molar-refractivity contribution in [2.24, 2.45) is 17.8 Å². The number of aliphatic hydroxyl groups is 2. The van der Waals surface area contributed by atoms with Crippen LogP contribution in [0.2, 0.25) is 0 Å². The lowest BCUT2D eigenvalue weighted by Gasteiger charge is -2.45. The van der Waals surface area contributed by atoms with E-state index in [9.17, 15) is 24.6 Å². The molecule has 7 unspecified atom stereocenters. The molecule has 204 valence electrons. The van der Waals surface area contributed by atoms with Crippen molar-refractivity contribution in [3.63, 3.8) is 0 Å². The summed E-state index contributed by atoms with van der Waals surface area (Å²) in [6.07, 6.45) is 3.71. The van der Waals surface area contributed by atoms with Gasteiger partial charge in [0.1, 0.15) is 11.4 Å². The highest BCUT2D eigenvalue weighted by molar-refractivity contribution is 5.93. The molecular formula is C29H35NO8. The number of allylic oxidation sites excluding steroid dienone is 1. The third kappa shape index (κ3) is 4.76. The lowest BCUT2D eigenvalue weighted by atomic mass is 9.63. The van der Waals surface area contributed by atoms with Crippen LogP contribution in [0.25, 0.3) is 0 Å². The first-order chi connectivity index (χ1) is 17.9. The lowest BCUT2D eigenvalue weighted by Crippen LogP contribution is -2.59. The molecular weight excluding hydrogens is 490 g/mol. The molecule has 1 aromatic rings. The van der Waals surface area contributed by atoms with Crippen LogP contribution >= 0.6 is 0 Å². The number of hydrogen-bond donors (Lipinski definition) is 3. The highest BCUT2D eigenvalue weighted by Gasteiger charge is 2.66. The Morgan fingerprint density at radius 1 is 1.13 bits per heavy atom. The van der Waals surface area contributed by atoms with Crippen LogP contribution in [-0.2, 0) is 25.5 Å². The molecule has 1 aromatic carbocycles. The van der Waals surface area contributed by atoms with Crippen LogP contribution in [0.1, 0.15) is 39.7 Å². The van der Waals surface area contributed by atoms with Gasteiger partial charge in [0.2, 0.25) is 5.60 Å². The van der Waals surface area contributed by atoms with E-state index in [2.05, 4.69) is 5.32 Å². The minimum Gasteiger partial charge on any atom is -0.497 e. The summed E-state index contributed by atoms with van der Waals surface area (Å²) in [4.78, 5) is 39.4. The first-order valence-corrected chi connectivity index (χ1v) is 12.7. The number of hydrogen-bond acceptors (Lipinski definition) is 8. The standard InChI is InChI=1S/C29H35NO8/c1-16-7-6-8-21-24(31)18(3)17(2)23-22(15-19-9-11-20(36-5)12-10-19)30-26(33)29(21,23)38-27(34)37-14-13-28(4,35)25(16)32/h6,8-14,16,21-24,31,35H,7,15H2,1-5H3,(H,30,33)/b8-6+,14-13+. The Kier molecular flexibility index (Phi) is 7.54. The fourth-order valence-corrected chi connectivity index (χ4v) is 5.88. The van der Waals surface area contributed by atoms with Gasteiger partial charge in [-0.3, -0.25) is 9.59 Å². The zero-order chi connectivity index (χ0) is 27.8. The van der Waals surface area contributed by atoms with Gasteiger partial charge in [0, 0.05) is 12.0 Å². The predicted molar refractivity (Wildman–Crippen MR) is 138 cm³/mol. The minimum atomic E-state index is -1.86. The number of carbonyl (C=O) groups is 3. The zero-order valence-electron chi connectivity index (χ0n) is 22.3. The molecule has 1 spiro atoms. The van der Waals surface area contributed by atoms with Crippen molar-refractivity contribution in [3.05, 3.63) is 65.5 Å². The number of ketones is 1. The molecule has 3 N–H and O–H groups in total. The SMILES string of the molecule is COc1ccc(CC2NC(=O)C34OC(=O)O/C=C/C(C)(O)C(=O)C(C)C/C=C/C3C(O)C(C)=C(C)C24)cc1. The Bertz CT molecular complexity index is 1200. The highest BCUT2D eigenvalue weighted by Crippen LogP contribution is 2.50. The molecule has 3 aliphatic rings. The predicted octanol–water partition coefficient (Wildman–Crippen LogP) is 3.00. The van der Waals surface area contributed by atoms with Gasteiger partial charge in [-0.05, 0) is 63.0 Å². The number of Topliss-reactive ketones (excluding diaryl/α,β-unsaturated/α-hetero) is 1. The van der Waals surface area contributed by atoms with Crippen LogP contribution in [0, 0.1) is 17.8 Å². The maximum atomic E-state index is 13.8. The number of amides is 1. The summed E-state index contributed by atoms with van der Waals surface area (Å²) in [5, 5.41) is 24.9. The number of ether oxygens (including phenoxy) is 3. The fourth-order valence-electron chi connectivity index (χ4n) is 5.88. The number of rotatable bonds is 3. The molecule has 1 aliphatic carbocycles. The third-order valence-corrected chi connectivity index (χ3v) is 8.11. The first kappa shape index (κ1) is 27.6. The maximum absolute atomic E-state index is 13.8. The Morgan fingerprint density at radius 2 is 1.82 bits per heavy atom. The summed E-state index contributed by atoms with van der Waals surface area (Å²) in [6.45, 7) is 6.62. The first-order valence-electron chi connectivity index (χ1n) is 12.7. The summed E-state index contributed by atoms with van der Waals surface area (Å²) in [7, 11) is 1.59. The van der Waals surface area contributed by atoms with Gasteiger partial charge in [-0.2, -0.15) is 0 Å². The quantitative estimate of drug-likeness (QED) is 0.406. The molecule has 1 amide bonds. The van der Waals surface area contributed by atoms with Gasteiger partial charge < -0.3 is 29.7 Å². The molecule has 2 aliphatic heterocycles. The highest BCUT2D eigenvalue weighted by atomic mass is 16.7. The molecule has 2 heterocycles. The summed E-state index contributed by atoms with van der Waals surface area (Å²) in [5.74, 6) is -2.39. The summed E-state index contributed by atoms with van der Waals surface area (Å²) >= 11 is 0. The van der Waals surface area contributed by atoms with Gasteiger partial charge in [0.05, 0.1) is 31.3 Å². The van der Waals surface area contributed by atoms with Crippen LogP contribution in [0.5, 0.6) is 5.75 Å². The summed E-state index contributed by atoms with van der Waals surface area (Å²) < 4.78 is 16.2.